The summed E-state index contributed by atoms with van der Waals surface area (Å²) in [6.45, 7) is 8.40. The first-order valence-electron chi connectivity index (χ1n) is 8.94. The van der Waals surface area contributed by atoms with Crippen LogP contribution in [0, 0.1) is 5.92 Å². The molecule has 1 aliphatic rings. The van der Waals surface area contributed by atoms with E-state index in [1.54, 1.807) is 0 Å². The van der Waals surface area contributed by atoms with E-state index in [9.17, 15) is 0 Å². The van der Waals surface area contributed by atoms with E-state index in [1.165, 1.54) is 83.6 Å². The van der Waals surface area contributed by atoms with Crippen molar-refractivity contribution in [1.82, 2.24) is 5.32 Å². The van der Waals surface area contributed by atoms with Gasteiger partial charge in [0.1, 0.15) is 0 Å². The predicted octanol–water partition coefficient (Wildman–Crippen LogP) is 5.69. The van der Waals surface area contributed by atoms with Crippen LogP contribution in [0.3, 0.4) is 0 Å². The molecule has 0 aliphatic heterocycles. The molecule has 0 aromatic heterocycles. The van der Waals surface area contributed by atoms with E-state index in [4.69, 9.17) is 0 Å². The van der Waals surface area contributed by atoms with E-state index in [-0.39, 0.29) is 0 Å². The van der Waals surface area contributed by atoms with E-state index in [0.717, 1.165) is 5.92 Å². The summed E-state index contributed by atoms with van der Waals surface area (Å²) in [5, 5.41) is 3.86. The van der Waals surface area contributed by atoms with E-state index in [0.29, 0.717) is 5.54 Å². The molecule has 0 saturated heterocycles. The van der Waals surface area contributed by atoms with Crippen LogP contribution >= 0.6 is 0 Å². The average Bonchev–Trinajstić information content (AvgIpc) is 2.41. The van der Waals surface area contributed by atoms with Crippen molar-refractivity contribution < 1.29 is 0 Å². The Morgan fingerprint density at radius 2 is 1.58 bits per heavy atom. The highest BCUT2D eigenvalue weighted by Gasteiger charge is 2.32. The van der Waals surface area contributed by atoms with Gasteiger partial charge in [-0.25, -0.2) is 0 Å². The lowest BCUT2D eigenvalue weighted by atomic mass is 9.75. The van der Waals surface area contributed by atoms with E-state index < -0.39 is 0 Å². The molecule has 1 heteroatoms. The van der Waals surface area contributed by atoms with Crippen molar-refractivity contribution in [1.29, 1.82) is 0 Å². The van der Waals surface area contributed by atoms with Gasteiger partial charge in [-0.2, -0.15) is 0 Å². The fourth-order valence-corrected chi connectivity index (χ4v) is 3.40. The molecule has 1 aliphatic carbocycles. The first-order chi connectivity index (χ1) is 9.19. The summed E-state index contributed by atoms with van der Waals surface area (Å²) in [4.78, 5) is 0. The van der Waals surface area contributed by atoms with Gasteiger partial charge in [-0.05, 0) is 38.6 Å². The largest absolute Gasteiger partial charge is 0.311 e. The Bertz CT molecular complexity index is 214. The third-order valence-electron chi connectivity index (χ3n) is 5.23. The zero-order valence-electron chi connectivity index (χ0n) is 13.8. The smallest absolute Gasteiger partial charge is 0.0178 e. The van der Waals surface area contributed by atoms with Gasteiger partial charge in [0.15, 0.2) is 0 Å². The summed E-state index contributed by atoms with van der Waals surface area (Å²) in [7, 11) is 0. The molecule has 0 amide bonds. The Morgan fingerprint density at radius 3 is 2.21 bits per heavy atom. The topological polar surface area (TPSA) is 12.0 Å². The second-order valence-electron chi connectivity index (χ2n) is 6.97. The van der Waals surface area contributed by atoms with Crippen molar-refractivity contribution in [3.63, 3.8) is 0 Å². The molecule has 0 aromatic carbocycles. The fourth-order valence-electron chi connectivity index (χ4n) is 3.40. The molecular formula is C18H37N. The molecule has 1 rings (SSSR count). The normalized spacial score (nSPS) is 27.6. The zero-order valence-corrected chi connectivity index (χ0v) is 13.8. The molecule has 0 heterocycles. The number of rotatable bonds is 10. The Labute approximate surface area is 121 Å². The Balaban J connectivity index is 1.95. The minimum Gasteiger partial charge on any atom is -0.311 e. The highest BCUT2D eigenvalue weighted by atomic mass is 15.0. The number of unbranched alkanes of at least 4 members (excludes halogenated alkanes) is 7. The standard InChI is InChI=1S/C18H37N/c1-4-5-6-7-8-9-10-13-16-19-18(3)15-12-11-14-17(18)2/h17,19H,4-16H2,1-3H3. The van der Waals surface area contributed by atoms with Crippen molar-refractivity contribution in [2.24, 2.45) is 5.92 Å². The van der Waals surface area contributed by atoms with Gasteiger partial charge in [-0.1, -0.05) is 71.6 Å². The van der Waals surface area contributed by atoms with Crippen LogP contribution < -0.4 is 5.32 Å². The molecule has 0 spiro atoms. The molecule has 0 aromatic rings. The summed E-state index contributed by atoms with van der Waals surface area (Å²) in [5.74, 6) is 0.857. The molecule has 0 radical (unpaired) electrons. The monoisotopic (exact) mass is 267 g/mol. The molecule has 19 heavy (non-hydrogen) atoms. The quantitative estimate of drug-likeness (QED) is 0.502. The summed E-state index contributed by atoms with van der Waals surface area (Å²) in [6, 6.07) is 0. The number of hydrogen-bond donors (Lipinski definition) is 1. The van der Waals surface area contributed by atoms with Crippen molar-refractivity contribution in [3.05, 3.63) is 0 Å². The van der Waals surface area contributed by atoms with Crippen molar-refractivity contribution >= 4 is 0 Å². The van der Waals surface area contributed by atoms with Crippen LogP contribution in [0.25, 0.3) is 0 Å². The van der Waals surface area contributed by atoms with E-state index in [1.807, 2.05) is 0 Å². The van der Waals surface area contributed by atoms with Crippen molar-refractivity contribution in [2.45, 2.75) is 103 Å². The molecule has 2 unspecified atom stereocenters. The SMILES string of the molecule is CCCCCCCCCCNC1(C)CCCCC1C. The molecular weight excluding hydrogens is 230 g/mol. The molecule has 1 nitrogen and oxygen atoms in total. The van der Waals surface area contributed by atoms with Gasteiger partial charge in [0.25, 0.3) is 0 Å². The lowest BCUT2D eigenvalue weighted by Gasteiger charge is -2.40. The minimum atomic E-state index is 0.430. The zero-order chi connectivity index (χ0) is 14.0. The van der Waals surface area contributed by atoms with Gasteiger partial charge in [-0.15, -0.1) is 0 Å². The van der Waals surface area contributed by atoms with Crippen LogP contribution in [0.1, 0.15) is 97.8 Å². The highest BCUT2D eigenvalue weighted by Crippen LogP contribution is 2.33. The van der Waals surface area contributed by atoms with Crippen LogP contribution in [-0.2, 0) is 0 Å². The van der Waals surface area contributed by atoms with Crippen molar-refractivity contribution in [2.75, 3.05) is 6.54 Å². The van der Waals surface area contributed by atoms with Gasteiger partial charge < -0.3 is 5.32 Å². The van der Waals surface area contributed by atoms with Gasteiger partial charge in [0.2, 0.25) is 0 Å². The summed E-state index contributed by atoms with van der Waals surface area (Å²) >= 11 is 0. The second-order valence-corrected chi connectivity index (χ2v) is 6.97. The van der Waals surface area contributed by atoms with Crippen LogP contribution in [0.15, 0.2) is 0 Å². The van der Waals surface area contributed by atoms with Gasteiger partial charge in [-0.3, -0.25) is 0 Å². The molecule has 1 fully saturated rings. The highest BCUT2D eigenvalue weighted by molar-refractivity contribution is 4.91. The maximum atomic E-state index is 3.86. The first kappa shape index (κ1) is 17.0. The summed E-state index contributed by atoms with van der Waals surface area (Å²) in [5.41, 5.74) is 0.430. The molecule has 114 valence electrons. The van der Waals surface area contributed by atoms with Crippen LogP contribution in [0.2, 0.25) is 0 Å². The Hall–Kier alpha value is -0.0400. The second kappa shape index (κ2) is 9.80. The fraction of sp³-hybridized carbons (Fsp3) is 1.00. The molecule has 0 bridgehead atoms. The Kier molecular flexibility index (Phi) is 8.77. The molecule has 2 atom stereocenters. The Morgan fingerprint density at radius 1 is 0.947 bits per heavy atom. The maximum Gasteiger partial charge on any atom is 0.0178 e. The van der Waals surface area contributed by atoms with Crippen LogP contribution in [0.4, 0.5) is 0 Å². The summed E-state index contributed by atoms with van der Waals surface area (Å²) < 4.78 is 0. The third kappa shape index (κ3) is 6.79. The van der Waals surface area contributed by atoms with Gasteiger partial charge in [0.05, 0.1) is 0 Å². The van der Waals surface area contributed by atoms with E-state index in [2.05, 4.69) is 26.1 Å². The maximum absolute atomic E-state index is 3.86. The first-order valence-corrected chi connectivity index (χ1v) is 8.94. The van der Waals surface area contributed by atoms with Gasteiger partial charge >= 0.3 is 0 Å². The average molecular weight is 268 g/mol. The number of hydrogen-bond acceptors (Lipinski definition) is 1. The summed E-state index contributed by atoms with van der Waals surface area (Å²) in [6.07, 6.45) is 17.0. The lowest BCUT2D eigenvalue weighted by molar-refractivity contribution is 0.173. The predicted molar refractivity (Wildman–Crippen MR) is 86.6 cm³/mol. The van der Waals surface area contributed by atoms with E-state index >= 15 is 0 Å². The van der Waals surface area contributed by atoms with Crippen LogP contribution in [0.5, 0.6) is 0 Å². The van der Waals surface area contributed by atoms with Crippen molar-refractivity contribution in [3.8, 4) is 0 Å². The minimum absolute atomic E-state index is 0.430. The van der Waals surface area contributed by atoms with Gasteiger partial charge in [0, 0.05) is 5.54 Å². The number of nitrogens with one attached hydrogen (secondary N) is 1. The molecule has 1 saturated carbocycles. The molecule has 1 N–H and O–H groups in total. The third-order valence-corrected chi connectivity index (χ3v) is 5.23. The lowest BCUT2D eigenvalue weighted by Crippen LogP contribution is -2.49. The van der Waals surface area contributed by atoms with Crippen LogP contribution in [-0.4, -0.2) is 12.1 Å².